The van der Waals surface area contributed by atoms with Gasteiger partial charge in [0.05, 0.1) is 7.11 Å². The van der Waals surface area contributed by atoms with Crippen LogP contribution in [0.2, 0.25) is 0 Å². The summed E-state index contributed by atoms with van der Waals surface area (Å²) in [5, 5.41) is 0. The lowest BCUT2D eigenvalue weighted by Gasteiger charge is -1.94. The Morgan fingerprint density at radius 3 is 2.86 bits per heavy atom. The average Bonchev–Trinajstić information content (AvgIpc) is 2.19. The minimum absolute atomic E-state index is 0.165. The predicted octanol–water partition coefficient (Wildman–Crippen LogP) is -0.0902. The molecule has 1 aromatic rings. The number of ether oxygens (including phenoxy) is 1. The second-order valence-electron chi connectivity index (χ2n) is 2.61. The molecule has 14 heavy (non-hydrogen) atoms. The van der Waals surface area contributed by atoms with Crippen LogP contribution in [0.1, 0.15) is 5.56 Å². The van der Waals surface area contributed by atoms with Crippen molar-refractivity contribution >= 4 is 5.97 Å². The molecule has 0 N–H and O–H groups in total. The van der Waals surface area contributed by atoms with Crippen molar-refractivity contribution in [1.82, 2.24) is 4.57 Å². The molecular weight excluding hydrogens is 182 g/mol. The van der Waals surface area contributed by atoms with E-state index in [0.717, 1.165) is 0 Å². The van der Waals surface area contributed by atoms with Crippen LogP contribution in [0.25, 0.3) is 0 Å². The number of pyridine rings is 1. The van der Waals surface area contributed by atoms with E-state index in [2.05, 4.69) is 16.6 Å². The molecule has 0 bridgehead atoms. The monoisotopic (exact) mass is 191 g/mol. The fourth-order valence-electron chi connectivity index (χ4n) is 0.801. The highest BCUT2D eigenvalue weighted by Gasteiger charge is 1.93. The van der Waals surface area contributed by atoms with Crippen molar-refractivity contribution in [1.29, 1.82) is 0 Å². The predicted molar refractivity (Wildman–Crippen MR) is 50.6 cm³/mol. The average molecular weight is 191 g/mol. The SMILES string of the molecule is COC(=O)C#Cc1ccn(C)c(=O)c1. The molecule has 0 spiro atoms. The zero-order valence-corrected chi connectivity index (χ0v) is 7.90. The Balaban J connectivity index is 2.97. The third kappa shape index (κ3) is 2.49. The molecule has 0 aromatic carbocycles. The molecule has 0 saturated heterocycles. The molecular formula is C10H9NO3. The highest BCUT2D eigenvalue weighted by atomic mass is 16.5. The number of esters is 1. The van der Waals surface area contributed by atoms with Gasteiger partial charge < -0.3 is 9.30 Å². The highest BCUT2D eigenvalue weighted by molar-refractivity contribution is 5.88. The van der Waals surface area contributed by atoms with Gasteiger partial charge in [-0.1, -0.05) is 5.92 Å². The minimum Gasteiger partial charge on any atom is -0.459 e. The standard InChI is InChI=1S/C10H9NO3/c1-11-6-5-8(7-9(11)12)3-4-10(13)14-2/h5-7H,1-2H3. The summed E-state index contributed by atoms with van der Waals surface area (Å²) in [5.74, 6) is 4.14. The Kier molecular flexibility index (Phi) is 3.08. The van der Waals surface area contributed by atoms with Gasteiger partial charge in [-0.05, 0) is 6.07 Å². The van der Waals surface area contributed by atoms with Crippen molar-refractivity contribution in [2.75, 3.05) is 7.11 Å². The second kappa shape index (κ2) is 4.28. The van der Waals surface area contributed by atoms with Crippen molar-refractivity contribution in [2.24, 2.45) is 7.05 Å². The van der Waals surface area contributed by atoms with Gasteiger partial charge in [0.2, 0.25) is 0 Å². The van der Waals surface area contributed by atoms with Crippen LogP contribution in [0.5, 0.6) is 0 Å². The number of methoxy groups -OCH3 is 1. The van der Waals surface area contributed by atoms with E-state index in [1.54, 1.807) is 19.3 Å². The fourth-order valence-corrected chi connectivity index (χ4v) is 0.801. The fraction of sp³-hybridized carbons (Fsp3) is 0.200. The lowest BCUT2D eigenvalue weighted by molar-refractivity contribution is -0.133. The van der Waals surface area contributed by atoms with Crippen molar-refractivity contribution in [3.63, 3.8) is 0 Å². The number of aromatic nitrogens is 1. The first kappa shape index (κ1) is 10.1. The Labute approximate surface area is 81.1 Å². The van der Waals surface area contributed by atoms with Crippen LogP contribution in [0.15, 0.2) is 23.1 Å². The lowest BCUT2D eigenvalue weighted by atomic mass is 10.3. The summed E-state index contributed by atoms with van der Waals surface area (Å²) in [6, 6.07) is 3.01. The summed E-state index contributed by atoms with van der Waals surface area (Å²) in [7, 11) is 2.89. The molecule has 1 rings (SSSR count). The molecule has 1 aromatic heterocycles. The third-order valence-electron chi connectivity index (χ3n) is 1.60. The smallest absolute Gasteiger partial charge is 0.384 e. The van der Waals surface area contributed by atoms with Crippen LogP contribution in [-0.2, 0) is 16.6 Å². The Morgan fingerprint density at radius 1 is 1.57 bits per heavy atom. The second-order valence-corrected chi connectivity index (χ2v) is 2.61. The summed E-state index contributed by atoms with van der Waals surface area (Å²) in [4.78, 5) is 21.8. The highest BCUT2D eigenvalue weighted by Crippen LogP contribution is 1.90. The largest absolute Gasteiger partial charge is 0.459 e. The van der Waals surface area contributed by atoms with E-state index in [0.29, 0.717) is 5.56 Å². The summed E-state index contributed by atoms with van der Waals surface area (Å²) >= 11 is 0. The molecule has 0 atom stereocenters. The molecule has 0 radical (unpaired) electrons. The van der Waals surface area contributed by atoms with Crippen molar-refractivity contribution in [2.45, 2.75) is 0 Å². The molecule has 0 aliphatic carbocycles. The van der Waals surface area contributed by atoms with Crippen LogP contribution in [0, 0.1) is 11.8 Å². The summed E-state index contributed by atoms with van der Waals surface area (Å²) in [6.45, 7) is 0. The Morgan fingerprint density at radius 2 is 2.29 bits per heavy atom. The summed E-state index contributed by atoms with van der Waals surface area (Å²) < 4.78 is 5.75. The number of hydrogen-bond donors (Lipinski definition) is 0. The van der Waals surface area contributed by atoms with Crippen LogP contribution < -0.4 is 5.56 Å². The van der Waals surface area contributed by atoms with Gasteiger partial charge in [-0.3, -0.25) is 4.79 Å². The van der Waals surface area contributed by atoms with Crippen molar-refractivity contribution in [3.05, 3.63) is 34.2 Å². The molecule has 0 aliphatic rings. The quantitative estimate of drug-likeness (QED) is 0.425. The van der Waals surface area contributed by atoms with Gasteiger partial charge in [0, 0.05) is 30.8 Å². The first-order chi connectivity index (χ1) is 6.63. The molecule has 4 heteroatoms. The van der Waals surface area contributed by atoms with E-state index in [1.165, 1.54) is 17.7 Å². The maximum atomic E-state index is 11.1. The molecule has 0 saturated carbocycles. The van der Waals surface area contributed by atoms with E-state index in [9.17, 15) is 9.59 Å². The van der Waals surface area contributed by atoms with E-state index < -0.39 is 5.97 Å². The number of carbonyl (C=O) groups is 1. The molecule has 0 amide bonds. The van der Waals surface area contributed by atoms with E-state index in [-0.39, 0.29) is 5.56 Å². The van der Waals surface area contributed by atoms with E-state index in [1.807, 2.05) is 0 Å². The molecule has 0 fully saturated rings. The number of aryl methyl sites for hydroxylation is 1. The van der Waals surface area contributed by atoms with Gasteiger partial charge in [0.15, 0.2) is 0 Å². The van der Waals surface area contributed by atoms with Gasteiger partial charge in [-0.15, -0.1) is 0 Å². The topological polar surface area (TPSA) is 48.3 Å². The first-order valence-corrected chi connectivity index (χ1v) is 3.90. The van der Waals surface area contributed by atoms with E-state index in [4.69, 9.17) is 0 Å². The number of nitrogens with zero attached hydrogens (tertiary/aromatic N) is 1. The van der Waals surface area contributed by atoms with Crippen LogP contribution >= 0.6 is 0 Å². The number of rotatable bonds is 0. The Hall–Kier alpha value is -2.02. The number of carbonyl (C=O) groups excluding carboxylic acids is 1. The maximum Gasteiger partial charge on any atom is 0.384 e. The molecule has 0 unspecified atom stereocenters. The van der Waals surface area contributed by atoms with Gasteiger partial charge in [-0.25, -0.2) is 4.79 Å². The van der Waals surface area contributed by atoms with Gasteiger partial charge >= 0.3 is 5.97 Å². The van der Waals surface area contributed by atoms with Gasteiger partial charge in [0.1, 0.15) is 0 Å². The summed E-state index contributed by atoms with van der Waals surface area (Å²) in [6.07, 6.45) is 1.59. The normalized spacial score (nSPS) is 8.71. The lowest BCUT2D eigenvalue weighted by Crippen LogP contribution is -2.14. The first-order valence-electron chi connectivity index (χ1n) is 3.90. The number of hydrogen-bond acceptors (Lipinski definition) is 3. The molecule has 4 nitrogen and oxygen atoms in total. The molecule has 1 heterocycles. The molecule has 72 valence electrons. The van der Waals surface area contributed by atoms with Crippen molar-refractivity contribution in [3.8, 4) is 11.8 Å². The summed E-state index contributed by atoms with van der Waals surface area (Å²) in [5.41, 5.74) is 0.333. The molecule has 0 aliphatic heterocycles. The maximum absolute atomic E-state index is 11.1. The van der Waals surface area contributed by atoms with Gasteiger partial charge in [0.25, 0.3) is 5.56 Å². The van der Waals surface area contributed by atoms with E-state index >= 15 is 0 Å². The minimum atomic E-state index is -0.620. The van der Waals surface area contributed by atoms with Gasteiger partial charge in [-0.2, -0.15) is 0 Å². The van der Waals surface area contributed by atoms with Crippen LogP contribution in [-0.4, -0.2) is 17.6 Å². The van der Waals surface area contributed by atoms with Crippen LogP contribution in [0.4, 0.5) is 0 Å². The third-order valence-corrected chi connectivity index (χ3v) is 1.60. The zero-order chi connectivity index (χ0) is 10.6. The Bertz CT molecular complexity index is 462. The van der Waals surface area contributed by atoms with Crippen LogP contribution in [0.3, 0.4) is 0 Å². The zero-order valence-electron chi connectivity index (χ0n) is 7.90. The van der Waals surface area contributed by atoms with Crippen molar-refractivity contribution < 1.29 is 9.53 Å².